The minimum absolute atomic E-state index is 0. The number of hydrogen-bond acceptors (Lipinski definition) is 1. The van der Waals surface area contributed by atoms with E-state index in [-0.39, 0.29) is 89.6 Å². The molecule has 2 radical (unpaired) electrons. The van der Waals surface area contributed by atoms with Gasteiger partial charge in [-0.1, -0.05) is 0 Å². The van der Waals surface area contributed by atoms with Crippen molar-refractivity contribution < 1.29 is 82.2 Å². The molecule has 0 aromatic rings. The average molecular weight is 239 g/mol. The third-order valence-electron chi connectivity index (χ3n) is 0. The van der Waals surface area contributed by atoms with Crippen molar-refractivity contribution >= 4 is 0 Å². The topological polar surface area (TPSA) is 23.8 Å². The third-order valence-corrected chi connectivity index (χ3v) is 0. The van der Waals surface area contributed by atoms with Crippen LogP contribution in [0.2, 0.25) is 0 Å². The van der Waals surface area contributed by atoms with E-state index >= 15 is 0 Å². The molecule has 0 fully saturated rings. The largest absolute Gasteiger partial charge is 2.00 e. The molecule has 7 heavy (non-hydrogen) atoms. The van der Waals surface area contributed by atoms with E-state index in [0.29, 0.717) is 0 Å². The molecule has 0 saturated heterocycles. The Labute approximate surface area is 100 Å². The standard InChI is InChI=1S/CN.CH3.Cu.Fe.Mn.Na.H/c1-2;;;;;;/h;1H3;;;;;/q2*-1;;+2;;+1;-1. The first-order valence-electron chi connectivity index (χ1n) is 0.224. The molecule has 0 saturated carbocycles. The molecule has 0 atom stereocenters. The number of hydrogen-bond donors (Lipinski definition) is 0. The molecule has 0 aromatic heterocycles. The molecule has 0 bridgehead atoms. The molecule has 0 aliphatic rings. The Morgan fingerprint density at radius 3 is 1.29 bits per heavy atom. The predicted molar refractivity (Wildman–Crippen MR) is 12.5 cm³/mol. The minimum Gasteiger partial charge on any atom is -1.00 e. The second kappa shape index (κ2) is 95.3. The molecule has 5 heteroatoms. The molecule has 0 rings (SSSR count). The molecule has 1 nitrogen and oxygen atoms in total. The monoisotopic (exact) mass is 239 g/mol. The van der Waals surface area contributed by atoms with Crippen molar-refractivity contribution in [3.63, 3.8) is 0 Å². The van der Waals surface area contributed by atoms with Crippen molar-refractivity contribution in [3.05, 3.63) is 14.0 Å². The molecule has 0 amide bonds. The maximum atomic E-state index is 6.25. The number of nitrogens with zero attached hydrogens (tertiary/aromatic N) is 1. The molecule has 0 aliphatic heterocycles. The van der Waals surface area contributed by atoms with Gasteiger partial charge in [0.25, 0.3) is 0 Å². The van der Waals surface area contributed by atoms with Crippen LogP contribution < -0.4 is 29.6 Å². The summed E-state index contributed by atoms with van der Waals surface area (Å²) in [7, 11) is 0. The molecule has 44 valence electrons. The van der Waals surface area contributed by atoms with Gasteiger partial charge in [0.1, 0.15) is 0 Å². The summed E-state index contributed by atoms with van der Waals surface area (Å²) < 4.78 is 0. The summed E-state index contributed by atoms with van der Waals surface area (Å²) in [6, 6.07) is 0. The molecular weight excluding hydrogens is 235 g/mol. The van der Waals surface area contributed by atoms with E-state index in [1.54, 1.807) is 0 Å². The SMILES string of the molecule is [C-]#N.[CH3-].[Cu].[Fe+2].[H-].[Mn].[Na+]. The van der Waals surface area contributed by atoms with E-state index in [9.17, 15) is 0 Å². The first kappa shape index (κ1) is 63.1. The molecule has 0 aromatic carbocycles. The van der Waals surface area contributed by atoms with Crippen LogP contribution in [0.1, 0.15) is 1.43 Å². The second-order valence-electron chi connectivity index (χ2n) is 0. The van der Waals surface area contributed by atoms with Crippen LogP contribution in [0.5, 0.6) is 0 Å². The third kappa shape index (κ3) is 70.2. The first-order chi connectivity index (χ1) is 1.00. The van der Waals surface area contributed by atoms with Crippen LogP contribution in [0, 0.1) is 19.3 Å². The summed E-state index contributed by atoms with van der Waals surface area (Å²) in [6.45, 7) is 4.75. The Morgan fingerprint density at radius 2 is 1.29 bits per heavy atom. The van der Waals surface area contributed by atoms with Crippen LogP contribution >= 0.6 is 0 Å². The quantitative estimate of drug-likeness (QED) is 0.343. The van der Waals surface area contributed by atoms with Crippen molar-refractivity contribution in [2.75, 3.05) is 0 Å². The molecule has 0 aliphatic carbocycles. The molecule has 0 heterocycles. The van der Waals surface area contributed by atoms with Gasteiger partial charge in [0.05, 0.1) is 0 Å². The van der Waals surface area contributed by atoms with Gasteiger partial charge in [0.2, 0.25) is 0 Å². The van der Waals surface area contributed by atoms with Crippen molar-refractivity contribution in [2.24, 2.45) is 0 Å². The predicted octanol–water partition coefficient (Wildman–Crippen LogP) is -2.34. The Morgan fingerprint density at radius 1 is 1.29 bits per heavy atom. The normalized spacial score (nSPS) is 0.286. The first-order valence-corrected chi connectivity index (χ1v) is 0.224. The van der Waals surface area contributed by atoms with Crippen LogP contribution in [0.25, 0.3) is 0 Å². The molecular formula is C2H4CuFeMnNNa. The van der Waals surface area contributed by atoms with E-state index in [0.717, 1.165) is 0 Å². The van der Waals surface area contributed by atoms with Gasteiger partial charge in [-0.05, 0) is 0 Å². The Kier molecular flexibility index (Phi) is 859. The molecule has 0 unspecified atom stereocenters. The second-order valence-corrected chi connectivity index (χ2v) is 0. The fourth-order valence-corrected chi connectivity index (χ4v) is 0. The summed E-state index contributed by atoms with van der Waals surface area (Å²) in [5.41, 5.74) is 0. The van der Waals surface area contributed by atoms with Crippen molar-refractivity contribution in [3.8, 4) is 0 Å². The summed E-state index contributed by atoms with van der Waals surface area (Å²) in [6.07, 6.45) is 0. The van der Waals surface area contributed by atoms with Crippen LogP contribution in [0.3, 0.4) is 0 Å². The maximum absolute atomic E-state index is 6.25. The molecule has 0 N–H and O–H groups in total. The van der Waals surface area contributed by atoms with Crippen LogP contribution in [0.4, 0.5) is 0 Å². The van der Waals surface area contributed by atoms with Crippen molar-refractivity contribution in [1.82, 2.24) is 0 Å². The zero-order valence-electron chi connectivity index (χ0n) is 4.98. The number of rotatable bonds is 0. The van der Waals surface area contributed by atoms with Gasteiger partial charge < -0.3 is 20.7 Å². The van der Waals surface area contributed by atoms with Gasteiger partial charge in [-0.15, -0.1) is 0 Å². The Hall–Kier alpha value is 2.05. The van der Waals surface area contributed by atoms with Gasteiger partial charge in [-0.3, -0.25) is 0 Å². The van der Waals surface area contributed by atoms with Crippen molar-refractivity contribution in [2.45, 2.75) is 0 Å². The smallest absolute Gasteiger partial charge is 1.00 e. The van der Waals surface area contributed by atoms with Gasteiger partial charge in [0, 0.05) is 34.1 Å². The fraction of sp³-hybridized carbons (Fsp3) is 0. The fourth-order valence-electron chi connectivity index (χ4n) is 0. The van der Waals surface area contributed by atoms with E-state index in [2.05, 4.69) is 0 Å². The van der Waals surface area contributed by atoms with Crippen molar-refractivity contribution in [1.29, 1.82) is 5.26 Å². The Bertz CT molecular complexity index is 26.8. The van der Waals surface area contributed by atoms with E-state index in [1.807, 2.05) is 0 Å². The summed E-state index contributed by atoms with van der Waals surface area (Å²) in [4.78, 5) is 0. The molecule has 0 spiro atoms. The van der Waals surface area contributed by atoms with Crippen LogP contribution in [-0.4, -0.2) is 0 Å². The average Bonchev–Trinajstić information content (AvgIpc) is 1.00. The van der Waals surface area contributed by atoms with E-state index in [1.165, 1.54) is 0 Å². The van der Waals surface area contributed by atoms with Gasteiger partial charge >= 0.3 is 46.6 Å². The van der Waals surface area contributed by atoms with Gasteiger partial charge in [-0.2, -0.15) is 0 Å². The Balaban J connectivity index is -0.000000000333. The van der Waals surface area contributed by atoms with Gasteiger partial charge in [0.15, 0.2) is 0 Å². The minimum atomic E-state index is 0. The van der Waals surface area contributed by atoms with E-state index in [4.69, 9.17) is 11.8 Å². The zero-order chi connectivity index (χ0) is 2.00. The van der Waals surface area contributed by atoms with Crippen LogP contribution in [-0.2, 0) is 51.2 Å². The summed E-state index contributed by atoms with van der Waals surface area (Å²) >= 11 is 0. The van der Waals surface area contributed by atoms with E-state index < -0.39 is 0 Å². The summed E-state index contributed by atoms with van der Waals surface area (Å²) in [5.74, 6) is 0. The summed E-state index contributed by atoms with van der Waals surface area (Å²) in [5, 5.41) is 6.25. The van der Waals surface area contributed by atoms with Gasteiger partial charge in [-0.25, -0.2) is 0 Å². The van der Waals surface area contributed by atoms with Crippen LogP contribution in [0.15, 0.2) is 0 Å². The zero-order valence-corrected chi connectivity index (χ0v) is 9.21. The maximum Gasteiger partial charge on any atom is 2.00 e.